The van der Waals surface area contributed by atoms with E-state index in [2.05, 4.69) is 15.3 Å². The van der Waals surface area contributed by atoms with Crippen LogP contribution >= 0.6 is 0 Å². The highest BCUT2D eigenvalue weighted by Gasteiger charge is 2.52. The molecule has 8 nitrogen and oxygen atoms in total. The van der Waals surface area contributed by atoms with E-state index in [4.69, 9.17) is 4.74 Å². The highest BCUT2D eigenvalue weighted by Crippen LogP contribution is 2.39. The van der Waals surface area contributed by atoms with Crippen molar-refractivity contribution in [1.82, 2.24) is 19.6 Å². The zero-order chi connectivity index (χ0) is 27.1. The number of aromatic nitrogens is 2. The molecule has 3 aromatic rings. The van der Waals surface area contributed by atoms with Crippen LogP contribution in [0.4, 0.5) is 17.6 Å². The van der Waals surface area contributed by atoms with Crippen LogP contribution < -0.4 is 5.32 Å². The van der Waals surface area contributed by atoms with Crippen LogP contribution in [0.3, 0.4) is 0 Å². The van der Waals surface area contributed by atoms with Crippen molar-refractivity contribution in [1.29, 1.82) is 0 Å². The summed E-state index contributed by atoms with van der Waals surface area (Å²) in [6, 6.07) is 8.92. The number of hydrogen-bond donors (Lipinski definition) is 1. The molecular weight excluding hydrogens is 528 g/mol. The Hall–Kier alpha value is -3.42. The van der Waals surface area contributed by atoms with Gasteiger partial charge in [0.1, 0.15) is 18.2 Å². The third-order valence-electron chi connectivity index (χ3n) is 6.69. The van der Waals surface area contributed by atoms with E-state index in [-0.39, 0.29) is 30.4 Å². The van der Waals surface area contributed by atoms with E-state index in [1.807, 2.05) is 0 Å². The Morgan fingerprint density at radius 2 is 1.76 bits per heavy atom. The number of carbonyl (C=O) groups excluding carboxylic acids is 1. The van der Waals surface area contributed by atoms with E-state index < -0.39 is 45.6 Å². The van der Waals surface area contributed by atoms with Crippen molar-refractivity contribution in [3.63, 3.8) is 0 Å². The maximum Gasteiger partial charge on any atom is 0.416 e. The quantitative estimate of drug-likeness (QED) is 0.473. The lowest BCUT2D eigenvalue weighted by molar-refractivity contribution is -0.137. The molecule has 3 atom stereocenters. The molecule has 0 bridgehead atoms. The summed E-state index contributed by atoms with van der Waals surface area (Å²) >= 11 is 0. The number of amides is 1. The molecule has 1 amide bonds. The van der Waals surface area contributed by atoms with Crippen molar-refractivity contribution in [2.45, 2.75) is 36.1 Å². The molecular formula is C25H22F4N4O4S. The number of benzene rings is 2. The molecule has 2 aromatic carbocycles. The van der Waals surface area contributed by atoms with E-state index in [0.717, 1.165) is 40.7 Å². The zero-order valence-corrected chi connectivity index (χ0v) is 20.5. The number of ether oxygens (including phenoxy) is 1. The third-order valence-corrected chi connectivity index (χ3v) is 8.64. The molecule has 3 unspecified atom stereocenters. The van der Waals surface area contributed by atoms with Gasteiger partial charge in [-0.2, -0.15) is 17.5 Å². The average molecular weight is 551 g/mol. The first-order chi connectivity index (χ1) is 18.0. The number of nitrogens with zero attached hydrogens (tertiary/aromatic N) is 3. The van der Waals surface area contributed by atoms with Gasteiger partial charge in [0.15, 0.2) is 0 Å². The van der Waals surface area contributed by atoms with Crippen molar-refractivity contribution >= 4 is 15.9 Å². The van der Waals surface area contributed by atoms with Crippen LogP contribution in [0, 0.1) is 11.7 Å². The minimum absolute atomic E-state index is 0.0538. The molecule has 2 aliphatic rings. The molecule has 38 heavy (non-hydrogen) atoms. The smallest absolute Gasteiger partial charge is 0.379 e. The van der Waals surface area contributed by atoms with Crippen molar-refractivity contribution < 1.29 is 35.5 Å². The van der Waals surface area contributed by atoms with Gasteiger partial charge in [-0.15, -0.1) is 0 Å². The van der Waals surface area contributed by atoms with Crippen molar-refractivity contribution in [2.24, 2.45) is 5.92 Å². The molecule has 0 spiro atoms. The van der Waals surface area contributed by atoms with Crippen LogP contribution in [0.2, 0.25) is 0 Å². The summed E-state index contributed by atoms with van der Waals surface area (Å²) in [5, 5.41) is 2.72. The average Bonchev–Trinajstić information content (AvgIpc) is 3.49. The normalized spacial score (nSPS) is 21.8. The number of nitrogens with one attached hydrogen (secondary N) is 1. The van der Waals surface area contributed by atoms with Gasteiger partial charge in [0.25, 0.3) is 0 Å². The summed E-state index contributed by atoms with van der Waals surface area (Å²) in [5.74, 6) is -1.27. The van der Waals surface area contributed by atoms with Crippen LogP contribution in [0.15, 0.2) is 65.8 Å². The van der Waals surface area contributed by atoms with E-state index in [0.29, 0.717) is 23.6 Å². The molecule has 2 fully saturated rings. The van der Waals surface area contributed by atoms with Gasteiger partial charge in [-0.05, 0) is 48.9 Å². The molecule has 2 saturated heterocycles. The summed E-state index contributed by atoms with van der Waals surface area (Å²) < 4.78 is 85.4. The van der Waals surface area contributed by atoms with Gasteiger partial charge < -0.3 is 10.1 Å². The second-order valence-electron chi connectivity index (χ2n) is 9.09. The Morgan fingerprint density at radius 3 is 2.45 bits per heavy atom. The minimum Gasteiger partial charge on any atom is -0.379 e. The Bertz CT molecular complexity index is 1430. The fourth-order valence-corrected chi connectivity index (χ4v) is 6.62. The van der Waals surface area contributed by atoms with E-state index in [1.54, 1.807) is 0 Å². The zero-order valence-electron chi connectivity index (χ0n) is 19.7. The summed E-state index contributed by atoms with van der Waals surface area (Å²) in [7, 11) is -4.12. The number of fused-ring (bicyclic) bond motifs is 1. The topological polar surface area (TPSA) is 101 Å². The number of carbonyl (C=O) groups is 1. The second-order valence-corrected chi connectivity index (χ2v) is 10.9. The Kier molecular flexibility index (Phi) is 6.92. The van der Waals surface area contributed by atoms with Crippen LogP contribution in [0.1, 0.15) is 17.7 Å². The summed E-state index contributed by atoms with van der Waals surface area (Å²) in [4.78, 5) is 21.3. The lowest BCUT2D eigenvalue weighted by Crippen LogP contribution is -2.49. The molecule has 13 heteroatoms. The Morgan fingerprint density at radius 1 is 1.05 bits per heavy atom. The van der Waals surface area contributed by atoms with Crippen molar-refractivity contribution in [2.75, 3.05) is 13.2 Å². The van der Waals surface area contributed by atoms with Crippen LogP contribution in [-0.2, 0) is 32.3 Å². The fourth-order valence-electron chi connectivity index (χ4n) is 4.79. The predicted molar refractivity (Wildman–Crippen MR) is 126 cm³/mol. The van der Waals surface area contributed by atoms with Gasteiger partial charge in [-0.1, -0.05) is 12.1 Å². The monoisotopic (exact) mass is 550 g/mol. The SMILES string of the molecule is O=C(NCc1cc(-c2ccc(C(F)(F)F)cc2)ncn1)C1CC2COCC2N1S(=O)(=O)c1ccc(F)cc1. The standard InChI is InChI=1S/C25H22F4N4O4S/c26-18-5-7-20(8-6-18)38(35,36)33-22(9-16-12-37-13-23(16)33)24(34)30-11-19-10-21(32-14-31-19)15-1-3-17(4-2-15)25(27,28)29/h1-8,10,14,16,22-23H,9,11-13H2,(H,30,34). The maximum absolute atomic E-state index is 13.4. The number of sulfonamides is 1. The lowest BCUT2D eigenvalue weighted by Gasteiger charge is -2.27. The molecule has 5 rings (SSSR count). The van der Waals surface area contributed by atoms with Gasteiger partial charge in [0.05, 0.1) is 47.6 Å². The minimum atomic E-state index is -4.46. The van der Waals surface area contributed by atoms with E-state index >= 15 is 0 Å². The Labute approximate surface area is 215 Å². The number of rotatable bonds is 6. The molecule has 2 aliphatic heterocycles. The molecule has 0 aliphatic carbocycles. The number of halogens is 4. The molecule has 0 radical (unpaired) electrons. The van der Waals surface area contributed by atoms with Crippen molar-refractivity contribution in [3.05, 3.63) is 78.0 Å². The third kappa shape index (κ3) is 5.13. The maximum atomic E-state index is 13.4. The van der Waals surface area contributed by atoms with Gasteiger partial charge in [-0.25, -0.2) is 22.8 Å². The first-order valence-corrected chi connectivity index (χ1v) is 13.1. The Balaban J connectivity index is 1.32. The molecule has 3 heterocycles. The van der Waals surface area contributed by atoms with Crippen molar-refractivity contribution in [3.8, 4) is 11.3 Å². The summed E-state index contributed by atoms with van der Waals surface area (Å²) in [6.45, 7) is 0.422. The van der Waals surface area contributed by atoms with Crippen LogP contribution in [0.25, 0.3) is 11.3 Å². The van der Waals surface area contributed by atoms with E-state index in [1.165, 1.54) is 24.5 Å². The first-order valence-electron chi connectivity index (χ1n) is 11.7. The molecule has 1 N–H and O–H groups in total. The first kappa shape index (κ1) is 26.2. The fraction of sp³-hybridized carbons (Fsp3) is 0.320. The number of hydrogen-bond acceptors (Lipinski definition) is 6. The largest absolute Gasteiger partial charge is 0.416 e. The van der Waals surface area contributed by atoms with Gasteiger partial charge in [-0.3, -0.25) is 4.79 Å². The highest BCUT2D eigenvalue weighted by atomic mass is 32.2. The summed E-state index contributed by atoms with van der Waals surface area (Å²) in [6.07, 6.45) is -2.96. The van der Waals surface area contributed by atoms with Gasteiger partial charge in [0.2, 0.25) is 15.9 Å². The van der Waals surface area contributed by atoms with Gasteiger partial charge in [0, 0.05) is 11.5 Å². The predicted octanol–water partition coefficient (Wildman–Crippen LogP) is 3.40. The van der Waals surface area contributed by atoms with Crippen LogP contribution in [0.5, 0.6) is 0 Å². The summed E-state index contributed by atoms with van der Waals surface area (Å²) in [5.41, 5.74) is 0.409. The van der Waals surface area contributed by atoms with Crippen LogP contribution in [-0.4, -0.2) is 53.9 Å². The second kappa shape index (κ2) is 10.0. The molecule has 1 aromatic heterocycles. The molecule has 0 saturated carbocycles. The van der Waals surface area contributed by atoms with E-state index in [9.17, 15) is 30.8 Å². The van der Waals surface area contributed by atoms with Gasteiger partial charge >= 0.3 is 6.18 Å². The lowest BCUT2D eigenvalue weighted by atomic mass is 10.0. The molecule has 200 valence electrons. The highest BCUT2D eigenvalue weighted by molar-refractivity contribution is 7.89. The number of alkyl halides is 3.